The van der Waals surface area contributed by atoms with E-state index >= 15 is 0 Å². The fourth-order valence-corrected chi connectivity index (χ4v) is 3.77. The van der Waals surface area contributed by atoms with Crippen LogP contribution in [0, 0.1) is 0 Å². The molecule has 23 heavy (non-hydrogen) atoms. The van der Waals surface area contributed by atoms with Crippen LogP contribution in [0.3, 0.4) is 0 Å². The van der Waals surface area contributed by atoms with Crippen LogP contribution in [0.5, 0.6) is 0 Å². The maximum atomic E-state index is 12.8. The summed E-state index contributed by atoms with van der Waals surface area (Å²) in [7, 11) is -3.77. The lowest BCUT2D eigenvalue weighted by atomic mass is 10.1. The monoisotopic (exact) mass is 338 g/mol. The quantitative estimate of drug-likeness (QED) is 0.558. The van der Waals surface area contributed by atoms with Crippen molar-refractivity contribution in [2.45, 2.75) is 62.7 Å². The van der Waals surface area contributed by atoms with E-state index in [0.717, 1.165) is 5.57 Å². The first-order valence-corrected chi connectivity index (χ1v) is 9.25. The number of carbonyl (C=O) groups excluding carboxylic acids is 1. The van der Waals surface area contributed by atoms with Gasteiger partial charge in [0.15, 0.2) is 15.1 Å². The van der Waals surface area contributed by atoms with Crippen LogP contribution < -0.4 is 0 Å². The molecular weight excluding hydrogens is 312 g/mol. The Morgan fingerprint density at radius 2 is 1.78 bits per heavy atom. The highest BCUT2D eigenvalue weighted by Crippen LogP contribution is 2.23. The molecule has 1 aromatic rings. The van der Waals surface area contributed by atoms with Gasteiger partial charge < -0.3 is 4.74 Å². The molecule has 0 amide bonds. The molecule has 0 spiro atoms. The summed E-state index contributed by atoms with van der Waals surface area (Å²) in [6.07, 6.45) is 1.48. The largest absolute Gasteiger partial charge is 0.459 e. The molecule has 1 rings (SSSR count). The van der Waals surface area contributed by atoms with Gasteiger partial charge in [-0.1, -0.05) is 23.8 Å². The molecule has 1 aromatic carbocycles. The van der Waals surface area contributed by atoms with E-state index < -0.39 is 26.7 Å². The van der Waals surface area contributed by atoms with Crippen LogP contribution in [-0.4, -0.2) is 25.2 Å². The average Bonchev–Trinajstić information content (AvgIpc) is 2.42. The predicted octanol–water partition coefficient (Wildman–Crippen LogP) is 3.92. The van der Waals surface area contributed by atoms with Crippen LogP contribution >= 0.6 is 0 Å². The molecule has 0 bridgehead atoms. The SMILES string of the molecule is C=C(C)CCCC(C(=O)OC(C)(C)C)S(=O)(=O)c1ccccc1. The summed E-state index contributed by atoms with van der Waals surface area (Å²) in [6, 6.07) is 8.04. The van der Waals surface area contributed by atoms with Gasteiger partial charge in [-0.15, -0.1) is 6.58 Å². The topological polar surface area (TPSA) is 60.4 Å². The maximum absolute atomic E-state index is 12.8. The van der Waals surface area contributed by atoms with Gasteiger partial charge in [0.25, 0.3) is 0 Å². The molecule has 0 N–H and O–H groups in total. The summed E-state index contributed by atoms with van der Waals surface area (Å²) >= 11 is 0. The van der Waals surface area contributed by atoms with Crippen molar-refractivity contribution in [3.8, 4) is 0 Å². The van der Waals surface area contributed by atoms with E-state index in [2.05, 4.69) is 6.58 Å². The standard InChI is InChI=1S/C18H26O4S/c1-14(2)10-9-13-16(17(19)22-18(3,4)5)23(20,21)15-11-7-6-8-12-15/h6-8,11-12,16H,1,9-10,13H2,2-5H3. The Balaban J connectivity index is 3.07. The van der Waals surface area contributed by atoms with Crippen LogP contribution in [0.1, 0.15) is 47.0 Å². The zero-order valence-electron chi connectivity index (χ0n) is 14.3. The minimum atomic E-state index is -3.77. The van der Waals surface area contributed by atoms with Crippen molar-refractivity contribution in [1.82, 2.24) is 0 Å². The number of hydrogen-bond acceptors (Lipinski definition) is 4. The van der Waals surface area contributed by atoms with Crippen LogP contribution in [-0.2, 0) is 19.4 Å². The summed E-state index contributed by atoms with van der Waals surface area (Å²) in [5.41, 5.74) is 0.237. The lowest BCUT2D eigenvalue weighted by Gasteiger charge is -2.24. The van der Waals surface area contributed by atoms with Crippen LogP contribution in [0.2, 0.25) is 0 Å². The normalized spacial score (nSPS) is 13.4. The predicted molar refractivity (Wildman–Crippen MR) is 91.9 cm³/mol. The summed E-state index contributed by atoms with van der Waals surface area (Å²) in [5.74, 6) is -0.692. The van der Waals surface area contributed by atoms with Gasteiger partial charge in [0.2, 0.25) is 0 Å². The van der Waals surface area contributed by atoms with E-state index in [1.165, 1.54) is 12.1 Å². The Labute approximate surface area is 139 Å². The molecule has 0 radical (unpaired) electrons. The van der Waals surface area contributed by atoms with E-state index in [-0.39, 0.29) is 11.3 Å². The Hall–Kier alpha value is -1.62. The zero-order chi connectivity index (χ0) is 17.7. The second-order valence-corrected chi connectivity index (χ2v) is 8.86. The lowest BCUT2D eigenvalue weighted by molar-refractivity contribution is -0.154. The fourth-order valence-electron chi connectivity index (χ4n) is 2.13. The molecule has 1 atom stereocenters. The lowest BCUT2D eigenvalue weighted by Crippen LogP contribution is -2.37. The van der Waals surface area contributed by atoms with E-state index in [1.807, 2.05) is 6.92 Å². The van der Waals surface area contributed by atoms with Crippen molar-refractivity contribution < 1.29 is 17.9 Å². The van der Waals surface area contributed by atoms with Gasteiger partial charge in [-0.3, -0.25) is 4.79 Å². The molecule has 0 heterocycles. The molecule has 0 fully saturated rings. The number of carbonyl (C=O) groups is 1. The van der Waals surface area contributed by atoms with Gasteiger partial charge in [0.1, 0.15) is 5.60 Å². The number of rotatable bonds is 7. The molecule has 128 valence electrons. The molecule has 0 saturated carbocycles. The molecule has 0 aliphatic rings. The number of sulfone groups is 1. The highest BCUT2D eigenvalue weighted by molar-refractivity contribution is 7.92. The number of allylic oxidation sites excluding steroid dienone is 1. The van der Waals surface area contributed by atoms with Gasteiger partial charge in [-0.25, -0.2) is 8.42 Å². The van der Waals surface area contributed by atoms with Gasteiger partial charge in [0, 0.05) is 0 Å². The average molecular weight is 338 g/mol. The molecule has 1 unspecified atom stereocenters. The smallest absolute Gasteiger partial charge is 0.325 e. The third kappa shape index (κ3) is 6.18. The second-order valence-electron chi connectivity index (χ2n) is 6.73. The van der Waals surface area contributed by atoms with E-state index in [9.17, 15) is 13.2 Å². The summed E-state index contributed by atoms with van der Waals surface area (Å²) in [4.78, 5) is 12.6. The van der Waals surface area contributed by atoms with Crippen molar-refractivity contribution >= 4 is 15.8 Å². The number of ether oxygens (including phenoxy) is 1. The molecule has 0 aliphatic heterocycles. The summed E-state index contributed by atoms with van der Waals surface area (Å²) in [5, 5.41) is -1.19. The van der Waals surface area contributed by atoms with E-state index in [4.69, 9.17) is 4.74 Å². The van der Waals surface area contributed by atoms with Crippen molar-refractivity contribution in [3.63, 3.8) is 0 Å². The Morgan fingerprint density at radius 1 is 1.22 bits per heavy atom. The van der Waals surface area contributed by atoms with Crippen molar-refractivity contribution in [2.75, 3.05) is 0 Å². The van der Waals surface area contributed by atoms with Crippen molar-refractivity contribution in [2.24, 2.45) is 0 Å². The molecule has 4 nitrogen and oxygen atoms in total. The Morgan fingerprint density at radius 3 is 2.26 bits per heavy atom. The zero-order valence-corrected chi connectivity index (χ0v) is 15.2. The van der Waals surface area contributed by atoms with Gasteiger partial charge in [-0.05, 0) is 59.1 Å². The van der Waals surface area contributed by atoms with Crippen LogP contribution in [0.4, 0.5) is 0 Å². The Bertz CT molecular complexity index is 639. The number of benzene rings is 1. The van der Waals surface area contributed by atoms with Gasteiger partial charge >= 0.3 is 5.97 Å². The molecule has 0 aliphatic carbocycles. The summed E-state index contributed by atoms with van der Waals surface area (Å²) < 4.78 is 30.9. The van der Waals surface area contributed by atoms with E-state index in [0.29, 0.717) is 12.8 Å². The highest BCUT2D eigenvalue weighted by atomic mass is 32.2. The van der Waals surface area contributed by atoms with Crippen molar-refractivity contribution in [3.05, 3.63) is 42.5 Å². The minimum Gasteiger partial charge on any atom is -0.459 e. The maximum Gasteiger partial charge on any atom is 0.325 e. The van der Waals surface area contributed by atoms with Crippen LogP contribution in [0.15, 0.2) is 47.4 Å². The fraction of sp³-hybridized carbons (Fsp3) is 0.500. The Kier molecular flexibility index (Phi) is 6.57. The molecule has 0 aromatic heterocycles. The minimum absolute atomic E-state index is 0.145. The first-order valence-electron chi connectivity index (χ1n) is 7.70. The second kappa shape index (κ2) is 7.77. The third-order valence-corrected chi connectivity index (χ3v) is 5.29. The number of esters is 1. The molecular formula is C18H26O4S. The number of hydrogen-bond donors (Lipinski definition) is 0. The molecule has 5 heteroatoms. The van der Waals surface area contributed by atoms with Crippen molar-refractivity contribution in [1.29, 1.82) is 0 Å². The highest BCUT2D eigenvalue weighted by Gasteiger charge is 2.36. The van der Waals surface area contributed by atoms with E-state index in [1.54, 1.807) is 39.0 Å². The summed E-state index contributed by atoms with van der Waals surface area (Å²) in [6.45, 7) is 10.9. The van der Waals surface area contributed by atoms with Gasteiger partial charge in [0.05, 0.1) is 4.90 Å². The third-order valence-electron chi connectivity index (χ3n) is 3.19. The first-order chi connectivity index (χ1) is 10.5. The first kappa shape index (κ1) is 19.4. The molecule has 0 saturated heterocycles. The van der Waals surface area contributed by atoms with Gasteiger partial charge in [-0.2, -0.15) is 0 Å². The van der Waals surface area contributed by atoms with Crippen LogP contribution in [0.25, 0.3) is 0 Å².